The Morgan fingerprint density at radius 3 is 3.10 bits per heavy atom. The van der Waals surface area contributed by atoms with Gasteiger partial charge in [-0.25, -0.2) is 4.79 Å². The van der Waals surface area contributed by atoms with Crippen LogP contribution >= 0.6 is 0 Å². The van der Waals surface area contributed by atoms with Gasteiger partial charge in [-0.05, 0) is 24.8 Å². The summed E-state index contributed by atoms with van der Waals surface area (Å²) in [7, 11) is 0. The van der Waals surface area contributed by atoms with E-state index in [0.717, 1.165) is 31.5 Å². The third kappa shape index (κ3) is 2.63. The Morgan fingerprint density at radius 2 is 2.38 bits per heavy atom. The van der Waals surface area contributed by atoms with Crippen LogP contribution in [0.4, 0.5) is 0 Å². The summed E-state index contributed by atoms with van der Waals surface area (Å²) in [6.45, 7) is 3.48. The summed E-state index contributed by atoms with van der Waals surface area (Å²) in [5.74, 6) is 0.154. The van der Waals surface area contributed by atoms with E-state index < -0.39 is 0 Å². The zero-order valence-corrected chi connectivity index (χ0v) is 12.0. The molecule has 0 aromatic carbocycles. The summed E-state index contributed by atoms with van der Waals surface area (Å²) in [4.78, 5) is 30.3. The number of amides is 1. The normalized spacial score (nSPS) is 18.9. The van der Waals surface area contributed by atoms with E-state index in [9.17, 15) is 9.59 Å². The molecule has 21 heavy (non-hydrogen) atoms. The van der Waals surface area contributed by atoms with Gasteiger partial charge in [-0.2, -0.15) is 5.10 Å². The standard InChI is InChI=1S/C14H19N5O2/c1-2-9-6-16-18-12(9)10-4-3-5-19(8-10)13(20)11-7-15-14(21)17-11/h6-7,10H,2-5,8H2,1H3,(H,16,18)(H2,15,17,21)/t10-/m1/s1. The lowest BCUT2D eigenvalue weighted by atomic mass is 9.92. The van der Waals surface area contributed by atoms with Gasteiger partial charge in [-0.15, -0.1) is 0 Å². The molecule has 2 aromatic heterocycles. The van der Waals surface area contributed by atoms with E-state index in [2.05, 4.69) is 27.1 Å². The third-order valence-electron chi connectivity index (χ3n) is 4.08. The SMILES string of the molecule is CCc1cn[nH]c1[C@@H]1CCCN(C(=O)c2c[nH]c(=O)[nH]2)C1. The predicted molar refractivity (Wildman–Crippen MR) is 77.3 cm³/mol. The van der Waals surface area contributed by atoms with E-state index in [4.69, 9.17) is 0 Å². The van der Waals surface area contributed by atoms with Crippen LogP contribution in [-0.4, -0.2) is 44.1 Å². The smallest absolute Gasteiger partial charge is 0.323 e. The topological polar surface area (TPSA) is 97.6 Å². The molecule has 0 spiro atoms. The van der Waals surface area contributed by atoms with Crippen LogP contribution in [0.25, 0.3) is 0 Å². The van der Waals surface area contributed by atoms with E-state index in [0.29, 0.717) is 12.2 Å². The maximum atomic E-state index is 12.4. The fourth-order valence-corrected chi connectivity index (χ4v) is 2.97. The Labute approximate surface area is 121 Å². The van der Waals surface area contributed by atoms with Crippen LogP contribution in [0.15, 0.2) is 17.2 Å². The highest BCUT2D eigenvalue weighted by atomic mass is 16.2. The van der Waals surface area contributed by atoms with E-state index in [1.165, 1.54) is 11.8 Å². The van der Waals surface area contributed by atoms with Crippen molar-refractivity contribution in [1.82, 2.24) is 25.1 Å². The van der Waals surface area contributed by atoms with Crippen molar-refractivity contribution < 1.29 is 4.79 Å². The average molecular weight is 289 g/mol. The van der Waals surface area contributed by atoms with Crippen LogP contribution in [0.1, 0.15) is 47.4 Å². The Kier molecular flexibility index (Phi) is 3.64. The van der Waals surface area contributed by atoms with Gasteiger partial charge >= 0.3 is 5.69 Å². The lowest BCUT2D eigenvalue weighted by Crippen LogP contribution is -2.39. The van der Waals surface area contributed by atoms with Gasteiger partial charge in [0, 0.05) is 30.9 Å². The zero-order chi connectivity index (χ0) is 14.8. The first-order chi connectivity index (χ1) is 10.2. The molecule has 1 saturated heterocycles. The maximum absolute atomic E-state index is 12.4. The monoisotopic (exact) mass is 289 g/mol. The molecule has 0 unspecified atom stereocenters. The lowest BCUT2D eigenvalue weighted by Gasteiger charge is -2.32. The summed E-state index contributed by atoms with van der Waals surface area (Å²) in [5.41, 5.74) is 2.32. The molecule has 0 saturated carbocycles. The second-order valence-corrected chi connectivity index (χ2v) is 5.41. The molecular formula is C14H19N5O2. The lowest BCUT2D eigenvalue weighted by molar-refractivity contribution is 0.0700. The highest BCUT2D eigenvalue weighted by Gasteiger charge is 2.28. The third-order valence-corrected chi connectivity index (χ3v) is 4.08. The fourth-order valence-electron chi connectivity index (χ4n) is 2.97. The second kappa shape index (κ2) is 5.59. The Balaban J connectivity index is 1.77. The predicted octanol–water partition coefficient (Wildman–Crippen LogP) is 1.01. The number of carbonyl (C=O) groups excluding carboxylic acids is 1. The highest BCUT2D eigenvalue weighted by Crippen LogP contribution is 2.28. The number of rotatable bonds is 3. The number of piperidine rings is 1. The summed E-state index contributed by atoms with van der Waals surface area (Å²) in [6, 6.07) is 0. The van der Waals surface area contributed by atoms with E-state index in [1.54, 1.807) is 4.90 Å². The molecule has 0 bridgehead atoms. The maximum Gasteiger partial charge on any atom is 0.323 e. The van der Waals surface area contributed by atoms with Gasteiger partial charge in [-0.3, -0.25) is 9.89 Å². The molecule has 1 fully saturated rings. The Bertz CT molecular complexity index is 683. The Hall–Kier alpha value is -2.31. The quantitative estimate of drug-likeness (QED) is 0.786. The number of hydrogen-bond donors (Lipinski definition) is 3. The summed E-state index contributed by atoms with van der Waals surface area (Å²) >= 11 is 0. The van der Waals surface area contributed by atoms with Gasteiger partial charge in [-0.1, -0.05) is 6.92 Å². The van der Waals surface area contributed by atoms with Crippen molar-refractivity contribution in [3.05, 3.63) is 39.8 Å². The van der Waals surface area contributed by atoms with Crippen molar-refractivity contribution in [2.45, 2.75) is 32.1 Å². The van der Waals surface area contributed by atoms with Crippen molar-refractivity contribution in [3.63, 3.8) is 0 Å². The molecule has 0 radical (unpaired) electrons. The minimum Gasteiger partial charge on any atom is -0.337 e. The van der Waals surface area contributed by atoms with Crippen molar-refractivity contribution in [2.75, 3.05) is 13.1 Å². The van der Waals surface area contributed by atoms with Crippen molar-refractivity contribution in [1.29, 1.82) is 0 Å². The first-order valence-electron chi connectivity index (χ1n) is 7.28. The number of nitrogens with zero attached hydrogens (tertiary/aromatic N) is 2. The molecule has 1 aliphatic heterocycles. The van der Waals surface area contributed by atoms with E-state index in [1.807, 2.05) is 6.20 Å². The molecule has 7 nitrogen and oxygen atoms in total. The molecule has 3 heterocycles. The van der Waals surface area contributed by atoms with Crippen LogP contribution in [0.2, 0.25) is 0 Å². The number of H-pyrrole nitrogens is 3. The number of aryl methyl sites for hydroxylation is 1. The number of imidazole rings is 1. The van der Waals surface area contributed by atoms with Gasteiger partial charge < -0.3 is 14.9 Å². The number of carbonyl (C=O) groups is 1. The van der Waals surface area contributed by atoms with Crippen molar-refractivity contribution in [2.24, 2.45) is 0 Å². The molecule has 1 atom stereocenters. The number of aromatic amines is 3. The van der Waals surface area contributed by atoms with Crippen LogP contribution in [0, 0.1) is 0 Å². The van der Waals surface area contributed by atoms with E-state index in [-0.39, 0.29) is 17.5 Å². The van der Waals surface area contributed by atoms with Crippen LogP contribution in [0.3, 0.4) is 0 Å². The summed E-state index contributed by atoms with van der Waals surface area (Å²) in [6.07, 6.45) is 6.22. The average Bonchev–Trinajstić information content (AvgIpc) is 3.15. The van der Waals surface area contributed by atoms with Crippen LogP contribution in [0.5, 0.6) is 0 Å². The number of hydrogen-bond acceptors (Lipinski definition) is 3. The second-order valence-electron chi connectivity index (χ2n) is 5.41. The van der Waals surface area contributed by atoms with Crippen molar-refractivity contribution in [3.8, 4) is 0 Å². The van der Waals surface area contributed by atoms with Gasteiger partial charge in [0.25, 0.3) is 5.91 Å². The summed E-state index contributed by atoms with van der Waals surface area (Å²) < 4.78 is 0. The molecule has 2 aromatic rings. The van der Waals surface area contributed by atoms with Crippen molar-refractivity contribution >= 4 is 5.91 Å². The van der Waals surface area contributed by atoms with E-state index >= 15 is 0 Å². The number of likely N-dealkylation sites (tertiary alicyclic amines) is 1. The first kappa shape index (κ1) is 13.7. The molecule has 1 aliphatic rings. The minimum atomic E-state index is -0.353. The minimum absolute atomic E-state index is 0.129. The largest absolute Gasteiger partial charge is 0.337 e. The molecule has 7 heteroatoms. The van der Waals surface area contributed by atoms with Crippen LogP contribution in [-0.2, 0) is 6.42 Å². The highest BCUT2D eigenvalue weighted by molar-refractivity contribution is 5.92. The Morgan fingerprint density at radius 1 is 1.52 bits per heavy atom. The molecule has 3 N–H and O–H groups in total. The van der Waals surface area contributed by atoms with Gasteiger partial charge in [0.1, 0.15) is 5.69 Å². The number of aromatic nitrogens is 4. The van der Waals surface area contributed by atoms with Crippen LogP contribution < -0.4 is 5.69 Å². The summed E-state index contributed by atoms with van der Waals surface area (Å²) in [5, 5.41) is 7.20. The molecular weight excluding hydrogens is 270 g/mol. The fraction of sp³-hybridized carbons (Fsp3) is 0.500. The van der Waals surface area contributed by atoms with Gasteiger partial charge in [0.05, 0.1) is 6.20 Å². The molecule has 0 aliphatic carbocycles. The first-order valence-corrected chi connectivity index (χ1v) is 7.28. The zero-order valence-electron chi connectivity index (χ0n) is 12.0. The van der Waals surface area contributed by atoms with Gasteiger partial charge in [0.2, 0.25) is 0 Å². The molecule has 3 rings (SSSR count). The number of nitrogens with one attached hydrogen (secondary N) is 3. The molecule has 112 valence electrons. The van der Waals surface area contributed by atoms with Gasteiger partial charge in [0.15, 0.2) is 0 Å². The molecule has 1 amide bonds.